The second-order valence-electron chi connectivity index (χ2n) is 6.09. The highest BCUT2D eigenvalue weighted by Gasteiger charge is 2.31. The van der Waals surface area contributed by atoms with Gasteiger partial charge < -0.3 is 14.8 Å². The van der Waals surface area contributed by atoms with Gasteiger partial charge in [-0.15, -0.1) is 0 Å². The molecule has 2 fully saturated rings. The van der Waals surface area contributed by atoms with Gasteiger partial charge in [0.1, 0.15) is 0 Å². The third-order valence-corrected chi connectivity index (χ3v) is 6.30. The Balaban J connectivity index is 1.68. The first-order valence-electron chi connectivity index (χ1n) is 8.22. The van der Waals surface area contributed by atoms with Crippen molar-refractivity contribution in [2.45, 2.75) is 17.7 Å². The van der Waals surface area contributed by atoms with Crippen molar-refractivity contribution < 1.29 is 27.5 Å². The number of halogens is 1. The topological polar surface area (TPSA) is 102 Å². The zero-order chi connectivity index (χ0) is 18.7. The number of ether oxygens (including phenoxy) is 2. The molecule has 1 aromatic carbocycles. The van der Waals surface area contributed by atoms with Crippen molar-refractivity contribution in [3.63, 3.8) is 0 Å². The van der Waals surface area contributed by atoms with Gasteiger partial charge in [0.25, 0.3) is 5.91 Å². The molecule has 1 N–H and O–H groups in total. The Labute approximate surface area is 156 Å². The fourth-order valence-electron chi connectivity index (χ4n) is 2.46. The molecular formula is C16H19ClN2O6S. The SMILES string of the molecule is O=C(COC(=O)C1CC1)Nc1cc(S(=O)(=O)N2CCOCC2)ccc1Cl. The van der Waals surface area contributed by atoms with Gasteiger partial charge in [-0.2, -0.15) is 4.31 Å². The maximum absolute atomic E-state index is 12.7. The molecule has 0 unspecified atom stereocenters. The van der Waals surface area contributed by atoms with Gasteiger partial charge in [-0.1, -0.05) is 11.6 Å². The van der Waals surface area contributed by atoms with Crippen molar-refractivity contribution in [3.05, 3.63) is 23.2 Å². The van der Waals surface area contributed by atoms with Gasteiger partial charge in [-0.25, -0.2) is 8.42 Å². The number of carbonyl (C=O) groups is 2. The van der Waals surface area contributed by atoms with Crippen LogP contribution in [0.2, 0.25) is 5.02 Å². The van der Waals surface area contributed by atoms with E-state index in [4.69, 9.17) is 21.1 Å². The van der Waals surface area contributed by atoms with Crippen LogP contribution in [0.1, 0.15) is 12.8 Å². The minimum atomic E-state index is -3.71. The maximum Gasteiger partial charge on any atom is 0.309 e. The van der Waals surface area contributed by atoms with E-state index in [1.165, 1.54) is 22.5 Å². The van der Waals surface area contributed by atoms with Crippen LogP contribution in [0, 0.1) is 5.92 Å². The van der Waals surface area contributed by atoms with Crippen molar-refractivity contribution in [3.8, 4) is 0 Å². The zero-order valence-corrected chi connectivity index (χ0v) is 15.5. The van der Waals surface area contributed by atoms with Crippen molar-refractivity contribution in [1.82, 2.24) is 4.31 Å². The van der Waals surface area contributed by atoms with Crippen LogP contribution < -0.4 is 5.32 Å². The van der Waals surface area contributed by atoms with E-state index >= 15 is 0 Å². The molecule has 1 saturated carbocycles. The molecule has 26 heavy (non-hydrogen) atoms. The van der Waals surface area contributed by atoms with E-state index in [-0.39, 0.29) is 34.6 Å². The average Bonchev–Trinajstić information content (AvgIpc) is 3.47. The van der Waals surface area contributed by atoms with Crippen LogP contribution in [0.25, 0.3) is 0 Å². The molecule has 0 bridgehead atoms. The number of morpholine rings is 1. The molecule has 0 aromatic heterocycles. The minimum Gasteiger partial charge on any atom is -0.455 e. The van der Waals surface area contributed by atoms with E-state index in [1.807, 2.05) is 0 Å². The van der Waals surface area contributed by atoms with Crippen LogP contribution >= 0.6 is 11.6 Å². The molecule has 2 aliphatic rings. The number of rotatable bonds is 6. The molecule has 0 atom stereocenters. The van der Waals surface area contributed by atoms with Gasteiger partial charge in [-0.05, 0) is 31.0 Å². The molecular weight excluding hydrogens is 384 g/mol. The van der Waals surface area contributed by atoms with Crippen molar-refractivity contribution >= 4 is 39.2 Å². The smallest absolute Gasteiger partial charge is 0.309 e. The van der Waals surface area contributed by atoms with Crippen LogP contribution in [-0.2, 0) is 29.1 Å². The van der Waals surface area contributed by atoms with E-state index in [0.717, 1.165) is 12.8 Å². The summed E-state index contributed by atoms with van der Waals surface area (Å²) in [6.07, 6.45) is 1.57. The highest BCUT2D eigenvalue weighted by atomic mass is 35.5. The van der Waals surface area contributed by atoms with Crippen LogP contribution in [0.3, 0.4) is 0 Å². The van der Waals surface area contributed by atoms with Gasteiger partial charge in [-0.3, -0.25) is 9.59 Å². The Morgan fingerprint density at radius 1 is 1.27 bits per heavy atom. The second kappa shape index (κ2) is 7.91. The molecule has 8 nitrogen and oxygen atoms in total. The summed E-state index contributed by atoms with van der Waals surface area (Å²) in [6, 6.07) is 4.09. The predicted octanol–water partition coefficient (Wildman–Crippen LogP) is 1.25. The summed E-state index contributed by atoms with van der Waals surface area (Å²) < 4.78 is 36.7. The monoisotopic (exact) mass is 402 g/mol. The number of amides is 1. The molecule has 10 heteroatoms. The molecule has 1 aromatic rings. The van der Waals surface area contributed by atoms with Gasteiger partial charge in [0, 0.05) is 13.1 Å². The summed E-state index contributed by atoms with van der Waals surface area (Å²) >= 11 is 6.05. The van der Waals surface area contributed by atoms with Gasteiger partial charge >= 0.3 is 5.97 Å². The van der Waals surface area contributed by atoms with Gasteiger partial charge in [0.15, 0.2) is 6.61 Å². The summed E-state index contributed by atoms with van der Waals surface area (Å²) in [7, 11) is -3.71. The van der Waals surface area contributed by atoms with E-state index in [0.29, 0.717) is 13.2 Å². The highest BCUT2D eigenvalue weighted by Crippen LogP contribution is 2.30. The summed E-state index contributed by atoms with van der Waals surface area (Å²) in [5, 5.41) is 2.67. The van der Waals surface area contributed by atoms with E-state index < -0.39 is 28.5 Å². The average molecular weight is 403 g/mol. The normalized spacial score (nSPS) is 18.3. The molecule has 0 radical (unpaired) electrons. The number of sulfonamides is 1. The van der Waals surface area contributed by atoms with E-state index in [2.05, 4.69) is 5.32 Å². The predicted molar refractivity (Wildman–Crippen MR) is 93.3 cm³/mol. The maximum atomic E-state index is 12.7. The van der Waals surface area contributed by atoms with Crippen molar-refractivity contribution in [2.24, 2.45) is 5.92 Å². The number of esters is 1. The lowest BCUT2D eigenvalue weighted by atomic mass is 10.3. The second-order valence-corrected chi connectivity index (χ2v) is 8.43. The standard InChI is InChI=1S/C16H19ClN2O6S/c17-13-4-3-12(26(22,23)19-5-7-24-8-6-19)9-14(13)18-15(20)10-25-16(21)11-1-2-11/h3-4,9,11H,1-2,5-8,10H2,(H,18,20). The number of hydrogen-bond acceptors (Lipinski definition) is 6. The fourth-order valence-corrected chi connectivity index (χ4v) is 4.06. The molecule has 1 aliphatic heterocycles. The Morgan fingerprint density at radius 2 is 1.96 bits per heavy atom. The summed E-state index contributed by atoms with van der Waals surface area (Å²) in [4.78, 5) is 23.4. The Morgan fingerprint density at radius 3 is 2.62 bits per heavy atom. The van der Waals surface area contributed by atoms with Crippen LogP contribution in [0.4, 0.5) is 5.69 Å². The molecule has 1 saturated heterocycles. The number of nitrogens with one attached hydrogen (secondary N) is 1. The molecule has 1 aliphatic carbocycles. The van der Waals surface area contributed by atoms with Crippen LogP contribution in [0.15, 0.2) is 23.1 Å². The largest absolute Gasteiger partial charge is 0.455 e. The van der Waals surface area contributed by atoms with Crippen molar-refractivity contribution in [2.75, 3.05) is 38.2 Å². The number of anilines is 1. The first-order valence-corrected chi connectivity index (χ1v) is 10.0. The molecule has 142 valence electrons. The van der Waals surface area contributed by atoms with Crippen LogP contribution in [0.5, 0.6) is 0 Å². The number of hydrogen-bond donors (Lipinski definition) is 1. The number of benzene rings is 1. The molecule has 0 spiro atoms. The summed E-state index contributed by atoms with van der Waals surface area (Å²) in [5.74, 6) is -1.08. The summed E-state index contributed by atoms with van der Waals surface area (Å²) in [5.41, 5.74) is 0.147. The lowest BCUT2D eigenvalue weighted by molar-refractivity contribution is -0.148. The quantitative estimate of drug-likeness (QED) is 0.718. The zero-order valence-electron chi connectivity index (χ0n) is 13.9. The molecule has 3 rings (SSSR count). The highest BCUT2D eigenvalue weighted by molar-refractivity contribution is 7.89. The van der Waals surface area contributed by atoms with E-state index in [1.54, 1.807) is 0 Å². The lowest BCUT2D eigenvalue weighted by Crippen LogP contribution is -2.40. The Bertz CT molecular complexity index is 803. The minimum absolute atomic E-state index is 0.0223. The lowest BCUT2D eigenvalue weighted by Gasteiger charge is -2.26. The van der Waals surface area contributed by atoms with Crippen molar-refractivity contribution in [1.29, 1.82) is 0 Å². The molecule has 1 heterocycles. The third kappa shape index (κ3) is 4.53. The van der Waals surface area contributed by atoms with Gasteiger partial charge in [0.2, 0.25) is 10.0 Å². The molecule has 1 amide bonds. The van der Waals surface area contributed by atoms with Gasteiger partial charge in [0.05, 0.1) is 34.7 Å². The Kier molecular flexibility index (Phi) is 5.81. The third-order valence-electron chi connectivity index (χ3n) is 4.08. The van der Waals surface area contributed by atoms with Crippen LogP contribution in [-0.4, -0.2) is 57.5 Å². The Hall–Kier alpha value is -1.68. The first-order chi connectivity index (χ1) is 12.4. The van der Waals surface area contributed by atoms with E-state index in [9.17, 15) is 18.0 Å². The number of carbonyl (C=O) groups excluding carboxylic acids is 2. The first kappa shape index (κ1) is 19.1. The summed E-state index contributed by atoms with van der Waals surface area (Å²) in [6.45, 7) is 0.769. The fraction of sp³-hybridized carbons (Fsp3) is 0.500. The number of nitrogens with zero attached hydrogens (tertiary/aromatic N) is 1.